The third-order valence-electron chi connectivity index (χ3n) is 1.70. The van der Waals surface area contributed by atoms with E-state index in [1.165, 1.54) is 12.1 Å². The highest BCUT2D eigenvalue weighted by atomic mass is 16.7. The predicted molar refractivity (Wildman–Crippen MR) is 60.3 cm³/mol. The standard InChI is InChI=1S/C12H14O5/c1-12(2,3)17-11(15)16-9-7-5-4-6-8(9)10(13)14/h4-7H,1-3H3,(H,13,14). The van der Waals surface area contributed by atoms with Gasteiger partial charge in [-0.15, -0.1) is 0 Å². The third kappa shape index (κ3) is 4.14. The van der Waals surface area contributed by atoms with E-state index in [1.54, 1.807) is 32.9 Å². The summed E-state index contributed by atoms with van der Waals surface area (Å²) in [6.45, 7) is 5.08. The van der Waals surface area contributed by atoms with Crippen LogP contribution in [0.5, 0.6) is 5.75 Å². The minimum absolute atomic E-state index is 0.0331. The molecule has 0 heterocycles. The lowest BCUT2D eigenvalue weighted by molar-refractivity contribution is 0.0204. The van der Waals surface area contributed by atoms with Crippen molar-refractivity contribution in [3.05, 3.63) is 29.8 Å². The molecule has 5 heteroatoms. The molecule has 0 aliphatic rings. The normalized spacial score (nSPS) is 10.8. The summed E-state index contributed by atoms with van der Waals surface area (Å²) < 4.78 is 9.76. The van der Waals surface area contributed by atoms with Crippen molar-refractivity contribution < 1.29 is 24.2 Å². The summed E-state index contributed by atoms with van der Waals surface area (Å²) in [6, 6.07) is 5.87. The van der Waals surface area contributed by atoms with Crippen molar-refractivity contribution in [1.29, 1.82) is 0 Å². The highest BCUT2D eigenvalue weighted by Crippen LogP contribution is 2.19. The van der Waals surface area contributed by atoms with Crippen molar-refractivity contribution in [3.63, 3.8) is 0 Å². The summed E-state index contributed by atoms with van der Waals surface area (Å²) in [5.74, 6) is -1.20. The molecule has 0 radical (unpaired) electrons. The Morgan fingerprint density at radius 3 is 2.29 bits per heavy atom. The smallest absolute Gasteiger partial charge is 0.478 e. The van der Waals surface area contributed by atoms with Crippen molar-refractivity contribution in [2.75, 3.05) is 0 Å². The van der Waals surface area contributed by atoms with E-state index < -0.39 is 17.7 Å². The molecule has 0 aliphatic heterocycles. The lowest BCUT2D eigenvalue weighted by Crippen LogP contribution is -2.26. The monoisotopic (exact) mass is 238 g/mol. The van der Waals surface area contributed by atoms with Crippen LogP contribution >= 0.6 is 0 Å². The van der Waals surface area contributed by atoms with Crippen LogP contribution in [0.25, 0.3) is 0 Å². The van der Waals surface area contributed by atoms with Crippen molar-refractivity contribution in [2.45, 2.75) is 26.4 Å². The minimum atomic E-state index is -1.16. The zero-order valence-corrected chi connectivity index (χ0v) is 9.89. The molecule has 0 bridgehead atoms. The number of hydrogen-bond donors (Lipinski definition) is 1. The Labute approximate surface area is 99.0 Å². The summed E-state index contributed by atoms with van der Waals surface area (Å²) in [6.07, 6.45) is -0.925. The van der Waals surface area contributed by atoms with Crippen LogP contribution < -0.4 is 4.74 Å². The lowest BCUT2D eigenvalue weighted by atomic mass is 10.2. The number of carbonyl (C=O) groups is 2. The van der Waals surface area contributed by atoms with E-state index in [0.717, 1.165) is 0 Å². The molecule has 1 aromatic rings. The largest absolute Gasteiger partial charge is 0.514 e. The molecule has 1 rings (SSSR count). The molecule has 5 nitrogen and oxygen atoms in total. The maximum Gasteiger partial charge on any atom is 0.514 e. The number of para-hydroxylation sites is 1. The van der Waals surface area contributed by atoms with Crippen molar-refractivity contribution in [2.24, 2.45) is 0 Å². The average molecular weight is 238 g/mol. The van der Waals surface area contributed by atoms with Gasteiger partial charge < -0.3 is 14.6 Å². The Hall–Kier alpha value is -2.04. The van der Waals surface area contributed by atoms with Gasteiger partial charge in [0.25, 0.3) is 0 Å². The van der Waals surface area contributed by atoms with E-state index in [9.17, 15) is 9.59 Å². The van der Waals surface area contributed by atoms with Crippen LogP contribution in [0.4, 0.5) is 4.79 Å². The van der Waals surface area contributed by atoms with Gasteiger partial charge in [0.2, 0.25) is 0 Å². The zero-order valence-electron chi connectivity index (χ0n) is 9.89. The van der Waals surface area contributed by atoms with Gasteiger partial charge in [-0.05, 0) is 32.9 Å². The first-order valence-electron chi connectivity index (χ1n) is 5.03. The molecular formula is C12H14O5. The van der Waals surface area contributed by atoms with Crippen LogP contribution in [-0.4, -0.2) is 22.8 Å². The van der Waals surface area contributed by atoms with Gasteiger partial charge in [0.15, 0.2) is 0 Å². The molecule has 0 atom stereocenters. The van der Waals surface area contributed by atoms with Gasteiger partial charge in [0.1, 0.15) is 16.9 Å². The number of hydrogen-bond acceptors (Lipinski definition) is 4. The Balaban J connectivity index is 2.82. The van der Waals surface area contributed by atoms with Crippen molar-refractivity contribution in [1.82, 2.24) is 0 Å². The molecule has 0 amide bonds. The second kappa shape index (κ2) is 4.86. The topological polar surface area (TPSA) is 72.8 Å². The Kier molecular flexibility index (Phi) is 3.73. The Morgan fingerprint density at radius 2 is 1.76 bits per heavy atom. The first-order chi connectivity index (χ1) is 7.79. The molecule has 0 unspecified atom stereocenters. The molecule has 92 valence electrons. The van der Waals surface area contributed by atoms with Gasteiger partial charge in [-0.2, -0.15) is 0 Å². The molecule has 0 fully saturated rings. The summed E-state index contributed by atoms with van der Waals surface area (Å²) in [7, 11) is 0. The quantitative estimate of drug-likeness (QED) is 0.633. The molecule has 0 spiro atoms. The summed E-state index contributed by atoms with van der Waals surface area (Å²) in [5, 5.41) is 8.88. The Bertz CT molecular complexity index is 431. The van der Waals surface area contributed by atoms with Gasteiger partial charge >= 0.3 is 12.1 Å². The van der Waals surface area contributed by atoms with E-state index in [1.807, 2.05) is 0 Å². The SMILES string of the molecule is CC(C)(C)OC(=O)Oc1ccccc1C(=O)O. The maximum atomic E-state index is 11.4. The first kappa shape index (κ1) is 13.0. The van der Waals surface area contributed by atoms with Gasteiger partial charge in [0.05, 0.1) is 0 Å². The van der Waals surface area contributed by atoms with E-state index in [4.69, 9.17) is 14.6 Å². The third-order valence-corrected chi connectivity index (χ3v) is 1.70. The second-order valence-electron chi connectivity index (χ2n) is 4.37. The number of aromatic carboxylic acids is 1. The minimum Gasteiger partial charge on any atom is -0.478 e. The molecule has 0 aliphatic carbocycles. The molecule has 1 aromatic carbocycles. The molecule has 1 N–H and O–H groups in total. The van der Waals surface area contributed by atoms with Crippen LogP contribution in [0, 0.1) is 0 Å². The van der Waals surface area contributed by atoms with Crippen LogP contribution in [-0.2, 0) is 4.74 Å². The summed E-state index contributed by atoms with van der Waals surface area (Å²) >= 11 is 0. The van der Waals surface area contributed by atoms with Gasteiger partial charge in [0, 0.05) is 0 Å². The number of carboxylic acids is 1. The van der Waals surface area contributed by atoms with Crippen LogP contribution in [0.3, 0.4) is 0 Å². The van der Waals surface area contributed by atoms with Crippen molar-refractivity contribution in [3.8, 4) is 5.75 Å². The number of ether oxygens (including phenoxy) is 2. The molecular weight excluding hydrogens is 224 g/mol. The van der Waals surface area contributed by atoms with E-state index in [0.29, 0.717) is 0 Å². The van der Waals surface area contributed by atoms with Crippen LogP contribution in [0.1, 0.15) is 31.1 Å². The number of carbonyl (C=O) groups excluding carboxylic acids is 1. The van der Waals surface area contributed by atoms with E-state index >= 15 is 0 Å². The Morgan fingerprint density at radius 1 is 1.18 bits per heavy atom. The lowest BCUT2D eigenvalue weighted by Gasteiger charge is -2.18. The fraction of sp³-hybridized carbons (Fsp3) is 0.333. The second-order valence-corrected chi connectivity index (χ2v) is 4.37. The summed E-state index contributed by atoms with van der Waals surface area (Å²) in [5.41, 5.74) is -0.770. The van der Waals surface area contributed by atoms with Gasteiger partial charge in [-0.3, -0.25) is 0 Å². The van der Waals surface area contributed by atoms with Gasteiger partial charge in [-0.1, -0.05) is 12.1 Å². The highest BCUT2D eigenvalue weighted by Gasteiger charge is 2.20. The summed E-state index contributed by atoms with van der Waals surface area (Å²) in [4.78, 5) is 22.2. The zero-order chi connectivity index (χ0) is 13.1. The van der Waals surface area contributed by atoms with Crippen LogP contribution in [0.2, 0.25) is 0 Å². The molecule has 0 aromatic heterocycles. The molecule has 17 heavy (non-hydrogen) atoms. The van der Waals surface area contributed by atoms with E-state index in [2.05, 4.69) is 0 Å². The fourth-order valence-electron chi connectivity index (χ4n) is 1.09. The van der Waals surface area contributed by atoms with Crippen molar-refractivity contribution >= 4 is 12.1 Å². The molecule has 0 saturated heterocycles. The van der Waals surface area contributed by atoms with E-state index in [-0.39, 0.29) is 11.3 Å². The van der Waals surface area contributed by atoms with Crippen LogP contribution in [0.15, 0.2) is 24.3 Å². The van der Waals surface area contributed by atoms with Gasteiger partial charge in [-0.25, -0.2) is 9.59 Å². The number of benzene rings is 1. The maximum absolute atomic E-state index is 11.4. The highest BCUT2D eigenvalue weighted by molar-refractivity contribution is 5.91. The molecule has 0 saturated carbocycles. The first-order valence-corrected chi connectivity index (χ1v) is 5.03. The fourth-order valence-corrected chi connectivity index (χ4v) is 1.09. The predicted octanol–water partition coefficient (Wildman–Crippen LogP) is 2.70. The average Bonchev–Trinajstić information content (AvgIpc) is 2.14. The number of rotatable bonds is 2. The number of carboxylic acid groups (broad SMARTS) is 1.